The zero-order valence-electron chi connectivity index (χ0n) is 11.3. The molecule has 0 fully saturated rings. The molecular weight excluding hydrogens is 258 g/mol. The lowest BCUT2D eigenvalue weighted by molar-refractivity contribution is -0.128. The van der Waals surface area contributed by atoms with Crippen molar-refractivity contribution >= 4 is 22.8 Å². The molecule has 0 bridgehead atoms. The molecule has 1 atom stereocenters. The Morgan fingerprint density at radius 3 is 2.84 bits per heavy atom. The number of rotatable bonds is 4. The molecule has 0 saturated heterocycles. The Kier molecular flexibility index (Phi) is 4.85. The summed E-state index contributed by atoms with van der Waals surface area (Å²) in [6.07, 6.45) is 0.503. The molecule has 1 aromatic rings. The third-order valence-corrected chi connectivity index (χ3v) is 4.14. The first-order chi connectivity index (χ1) is 9.16. The zero-order valence-corrected chi connectivity index (χ0v) is 12.1. The molecule has 1 aliphatic heterocycles. The smallest absolute Gasteiger partial charge is 0.223 e. The van der Waals surface area contributed by atoms with Crippen molar-refractivity contribution in [3.05, 3.63) is 35.9 Å². The van der Waals surface area contributed by atoms with Crippen molar-refractivity contribution in [2.45, 2.75) is 11.7 Å². The van der Waals surface area contributed by atoms with Crippen LogP contribution in [0.5, 0.6) is 0 Å². The maximum atomic E-state index is 11.4. The Bertz CT molecular complexity index is 459. The number of hydrogen-bond donors (Lipinski definition) is 1. The predicted molar refractivity (Wildman–Crippen MR) is 80.4 cm³/mol. The number of amides is 1. The van der Waals surface area contributed by atoms with Gasteiger partial charge >= 0.3 is 0 Å². The third-order valence-electron chi connectivity index (χ3n) is 2.94. The summed E-state index contributed by atoms with van der Waals surface area (Å²) in [6, 6.07) is 10.4. The van der Waals surface area contributed by atoms with E-state index >= 15 is 0 Å². The summed E-state index contributed by atoms with van der Waals surface area (Å²) in [6.45, 7) is 1.45. The second-order valence-electron chi connectivity index (χ2n) is 4.63. The highest BCUT2D eigenvalue weighted by molar-refractivity contribution is 8.14. The van der Waals surface area contributed by atoms with Crippen LogP contribution in [0.4, 0.5) is 0 Å². The first-order valence-electron chi connectivity index (χ1n) is 6.37. The van der Waals surface area contributed by atoms with E-state index in [2.05, 4.69) is 34.6 Å². The summed E-state index contributed by atoms with van der Waals surface area (Å²) in [5, 5.41) is 4.57. The Morgan fingerprint density at radius 1 is 1.42 bits per heavy atom. The summed E-state index contributed by atoms with van der Waals surface area (Å²) < 4.78 is 0. The van der Waals surface area contributed by atoms with Gasteiger partial charge in [-0.25, -0.2) is 0 Å². The average Bonchev–Trinajstić information content (AvgIpc) is 2.88. The number of thioether (sulfide) groups is 1. The molecule has 2 rings (SSSR count). The van der Waals surface area contributed by atoms with Crippen molar-refractivity contribution in [3.8, 4) is 0 Å². The molecule has 1 aliphatic rings. The fraction of sp³-hybridized carbons (Fsp3) is 0.429. The van der Waals surface area contributed by atoms with Crippen LogP contribution in [0, 0.1) is 0 Å². The van der Waals surface area contributed by atoms with Gasteiger partial charge in [-0.1, -0.05) is 42.1 Å². The Labute approximate surface area is 118 Å². The van der Waals surface area contributed by atoms with Crippen LogP contribution in [0.1, 0.15) is 17.2 Å². The van der Waals surface area contributed by atoms with Crippen LogP contribution in [0.3, 0.4) is 0 Å². The summed E-state index contributed by atoms with van der Waals surface area (Å²) >= 11 is 1.74. The normalized spacial score (nSPS) is 18.0. The number of amidine groups is 1. The van der Waals surface area contributed by atoms with Crippen LogP contribution in [0.25, 0.3) is 0 Å². The molecule has 1 N–H and O–H groups in total. The van der Waals surface area contributed by atoms with E-state index in [1.807, 2.05) is 6.07 Å². The minimum Gasteiger partial charge on any atom is -0.364 e. The lowest BCUT2D eigenvalue weighted by atomic mass is 10.1. The van der Waals surface area contributed by atoms with Crippen molar-refractivity contribution in [1.29, 1.82) is 0 Å². The van der Waals surface area contributed by atoms with Gasteiger partial charge < -0.3 is 10.2 Å². The summed E-state index contributed by atoms with van der Waals surface area (Å²) in [5.41, 5.74) is 1.30. The van der Waals surface area contributed by atoms with Gasteiger partial charge in [0, 0.05) is 27.1 Å². The number of carbonyl (C=O) groups is 1. The van der Waals surface area contributed by atoms with Crippen LogP contribution in [-0.2, 0) is 4.79 Å². The average molecular weight is 277 g/mol. The standard InChI is InChI=1S/C14H19N3OS/c1-17(2)13(18)8-9-15-14-16-10-12(19-14)11-6-4-3-5-7-11/h3-7,12H,8-10H2,1-2H3,(H,15,16). The molecule has 19 heavy (non-hydrogen) atoms. The largest absolute Gasteiger partial charge is 0.364 e. The molecule has 1 heterocycles. The maximum absolute atomic E-state index is 11.4. The van der Waals surface area contributed by atoms with E-state index in [1.54, 1.807) is 30.8 Å². The van der Waals surface area contributed by atoms with Gasteiger partial charge in [-0.15, -0.1) is 0 Å². The van der Waals surface area contributed by atoms with Crippen molar-refractivity contribution in [3.63, 3.8) is 0 Å². The predicted octanol–water partition coefficient (Wildman–Crippen LogP) is 1.90. The molecule has 0 radical (unpaired) electrons. The number of hydrogen-bond acceptors (Lipinski definition) is 4. The van der Waals surface area contributed by atoms with Crippen LogP contribution in [-0.4, -0.2) is 43.2 Å². The van der Waals surface area contributed by atoms with Gasteiger partial charge in [0.25, 0.3) is 0 Å². The minimum atomic E-state index is 0.135. The summed E-state index contributed by atoms with van der Waals surface area (Å²) in [4.78, 5) is 17.5. The van der Waals surface area contributed by atoms with E-state index in [4.69, 9.17) is 0 Å². The highest BCUT2D eigenvalue weighted by Crippen LogP contribution is 2.33. The van der Waals surface area contributed by atoms with Gasteiger partial charge in [0.1, 0.15) is 0 Å². The number of aliphatic imine (C=N–C) groups is 1. The molecule has 1 amide bonds. The third kappa shape index (κ3) is 3.99. The number of benzene rings is 1. The monoisotopic (exact) mass is 277 g/mol. The van der Waals surface area contributed by atoms with Crippen LogP contribution in [0.15, 0.2) is 35.3 Å². The molecule has 4 nitrogen and oxygen atoms in total. The van der Waals surface area contributed by atoms with Gasteiger partial charge in [-0.05, 0) is 5.56 Å². The topological polar surface area (TPSA) is 44.7 Å². The zero-order chi connectivity index (χ0) is 13.7. The lowest BCUT2D eigenvalue weighted by Crippen LogP contribution is -2.28. The fourth-order valence-corrected chi connectivity index (χ4v) is 2.86. The molecular formula is C14H19N3OS. The molecule has 1 aromatic carbocycles. The second-order valence-corrected chi connectivity index (χ2v) is 5.82. The van der Waals surface area contributed by atoms with Gasteiger partial charge in [-0.3, -0.25) is 9.79 Å². The summed E-state index contributed by atoms with van der Waals surface area (Å²) in [7, 11) is 3.55. The first-order valence-corrected chi connectivity index (χ1v) is 7.25. The van der Waals surface area contributed by atoms with Crippen LogP contribution >= 0.6 is 11.8 Å². The van der Waals surface area contributed by atoms with E-state index in [0.29, 0.717) is 18.2 Å². The number of carbonyl (C=O) groups excluding carboxylic acids is 1. The molecule has 0 aliphatic carbocycles. The summed E-state index contributed by atoms with van der Waals surface area (Å²) in [5.74, 6) is 0.135. The molecule has 0 aromatic heterocycles. The van der Waals surface area contributed by atoms with Gasteiger partial charge in [0.05, 0.1) is 11.8 Å². The number of nitrogens with zero attached hydrogens (tertiary/aromatic N) is 2. The van der Waals surface area contributed by atoms with Gasteiger partial charge in [0.2, 0.25) is 5.91 Å². The van der Waals surface area contributed by atoms with E-state index in [1.165, 1.54) is 5.56 Å². The molecule has 0 spiro atoms. The van der Waals surface area contributed by atoms with E-state index < -0.39 is 0 Å². The molecule has 1 unspecified atom stereocenters. The van der Waals surface area contributed by atoms with Crippen molar-refractivity contribution in [2.75, 3.05) is 27.2 Å². The molecule has 5 heteroatoms. The SMILES string of the molecule is CN(C)C(=O)CCNC1=NCC(c2ccccc2)S1. The highest BCUT2D eigenvalue weighted by atomic mass is 32.2. The van der Waals surface area contributed by atoms with Crippen molar-refractivity contribution in [1.82, 2.24) is 10.2 Å². The van der Waals surface area contributed by atoms with Gasteiger partial charge in [-0.2, -0.15) is 0 Å². The van der Waals surface area contributed by atoms with Crippen LogP contribution in [0.2, 0.25) is 0 Å². The van der Waals surface area contributed by atoms with E-state index in [-0.39, 0.29) is 5.91 Å². The van der Waals surface area contributed by atoms with Crippen molar-refractivity contribution < 1.29 is 4.79 Å². The Hall–Kier alpha value is -1.49. The van der Waals surface area contributed by atoms with Crippen LogP contribution < -0.4 is 5.32 Å². The van der Waals surface area contributed by atoms with E-state index in [9.17, 15) is 4.79 Å². The first kappa shape index (κ1) is 13.9. The Morgan fingerprint density at radius 2 is 2.16 bits per heavy atom. The fourth-order valence-electron chi connectivity index (χ4n) is 1.81. The van der Waals surface area contributed by atoms with Gasteiger partial charge in [0.15, 0.2) is 5.17 Å². The quantitative estimate of drug-likeness (QED) is 0.914. The second kappa shape index (κ2) is 6.61. The maximum Gasteiger partial charge on any atom is 0.223 e. The highest BCUT2D eigenvalue weighted by Gasteiger charge is 2.20. The molecule has 0 saturated carbocycles. The Balaban J connectivity index is 1.75. The van der Waals surface area contributed by atoms with Crippen molar-refractivity contribution in [2.24, 2.45) is 4.99 Å². The lowest BCUT2D eigenvalue weighted by Gasteiger charge is -2.11. The molecule has 102 valence electrons. The number of nitrogens with one attached hydrogen (secondary N) is 1. The van der Waals surface area contributed by atoms with E-state index in [0.717, 1.165) is 11.7 Å². The minimum absolute atomic E-state index is 0.135.